The Balaban J connectivity index is 2.64. The molecule has 19 heavy (non-hydrogen) atoms. The van der Waals surface area contributed by atoms with E-state index in [1.165, 1.54) is 0 Å². The van der Waals surface area contributed by atoms with Gasteiger partial charge in [0.1, 0.15) is 5.60 Å². The van der Waals surface area contributed by atoms with E-state index in [9.17, 15) is 10.2 Å². The number of hydrogen-bond acceptors (Lipinski definition) is 3. The third kappa shape index (κ3) is 5.17. The minimum Gasteiger partial charge on any atom is -0.387 e. The van der Waals surface area contributed by atoms with Crippen LogP contribution in [0.3, 0.4) is 0 Å². The van der Waals surface area contributed by atoms with Gasteiger partial charge in [0.25, 0.3) is 0 Å². The van der Waals surface area contributed by atoms with Gasteiger partial charge in [-0.3, -0.25) is 0 Å². The van der Waals surface area contributed by atoms with Gasteiger partial charge in [0.2, 0.25) is 0 Å². The second-order valence-corrected chi connectivity index (χ2v) is 6.70. The van der Waals surface area contributed by atoms with Crippen LogP contribution in [0.5, 0.6) is 0 Å². The fourth-order valence-corrected chi connectivity index (χ4v) is 3.19. The van der Waals surface area contributed by atoms with Crippen molar-refractivity contribution in [1.82, 2.24) is 0 Å². The van der Waals surface area contributed by atoms with Gasteiger partial charge in [-0.25, -0.2) is 0 Å². The van der Waals surface area contributed by atoms with Crippen LogP contribution >= 0.6 is 11.8 Å². The minimum absolute atomic E-state index is 0.518. The Morgan fingerprint density at radius 2 is 1.68 bits per heavy atom. The molecule has 1 atom stereocenters. The van der Waals surface area contributed by atoms with Crippen LogP contribution in [0.15, 0.2) is 35.2 Å². The summed E-state index contributed by atoms with van der Waals surface area (Å²) in [5, 5.41) is 21.0. The molecule has 1 aromatic rings. The molecule has 0 saturated carbocycles. The van der Waals surface area contributed by atoms with Gasteiger partial charge < -0.3 is 10.2 Å². The fourth-order valence-electron chi connectivity index (χ4n) is 1.94. The predicted molar refractivity (Wildman–Crippen MR) is 82.6 cm³/mol. The number of hydrogen-bond donors (Lipinski definition) is 2. The van der Waals surface area contributed by atoms with E-state index in [-0.39, 0.29) is 0 Å². The molecule has 0 spiro atoms. The standard InChI is InChI=1S/C16H26O2S/c1-4-5-9-12-16(18,15(2,3)17)13-19-14-10-7-6-8-11-14/h6-8,10-11,17-18H,4-5,9,12-13H2,1-3H3. The van der Waals surface area contributed by atoms with Crippen molar-refractivity contribution in [2.24, 2.45) is 0 Å². The predicted octanol–water partition coefficient (Wildman–Crippen LogP) is 3.86. The van der Waals surface area contributed by atoms with E-state index < -0.39 is 11.2 Å². The normalized spacial score (nSPS) is 15.2. The molecule has 1 rings (SSSR count). The average molecular weight is 282 g/mol. The molecule has 2 N–H and O–H groups in total. The van der Waals surface area contributed by atoms with E-state index in [0.717, 1.165) is 24.2 Å². The van der Waals surface area contributed by atoms with Crippen LogP contribution < -0.4 is 0 Å². The molecule has 0 aromatic heterocycles. The van der Waals surface area contributed by atoms with E-state index in [1.807, 2.05) is 30.3 Å². The van der Waals surface area contributed by atoms with Gasteiger partial charge in [-0.2, -0.15) is 0 Å². The molecule has 0 radical (unpaired) electrons. The van der Waals surface area contributed by atoms with Crippen LogP contribution in [0, 0.1) is 0 Å². The summed E-state index contributed by atoms with van der Waals surface area (Å²) >= 11 is 1.60. The molecule has 108 valence electrons. The maximum absolute atomic E-state index is 10.8. The summed E-state index contributed by atoms with van der Waals surface area (Å²) < 4.78 is 0. The Bertz CT molecular complexity index is 359. The summed E-state index contributed by atoms with van der Waals surface area (Å²) in [7, 11) is 0. The Morgan fingerprint density at radius 1 is 1.05 bits per heavy atom. The molecule has 1 unspecified atom stereocenters. The summed E-state index contributed by atoms with van der Waals surface area (Å²) in [4.78, 5) is 1.13. The van der Waals surface area contributed by atoms with E-state index >= 15 is 0 Å². The number of unbranched alkanes of at least 4 members (excludes halogenated alkanes) is 2. The largest absolute Gasteiger partial charge is 0.387 e. The second kappa shape index (κ2) is 7.32. The van der Waals surface area contributed by atoms with Crippen molar-refractivity contribution in [2.75, 3.05) is 5.75 Å². The lowest BCUT2D eigenvalue weighted by Gasteiger charge is -2.39. The van der Waals surface area contributed by atoms with Gasteiger partial charge >= 0.3 is 0 Å². The van der Waals surface area contributed by atoms with E-state index in [2.05, 4.69) is 6.92 Å². The van der Waals surface area contributed by atoms with Crippen LogP contribution in [0.1, 0.15) is 46.5 Å². The zero-order valence-electron chi connectivity index (χ0n) is 12.2. The highest BCUT2D eigenvalue weighted by atomic mass is 32.2. The quantitative estimate of drug-likeness (QED) is 0.562. The first kappa shape index (κ1) is 16.5. The van der Waals surface area contributed by atoms with Gasteiger partial charge in [-0.05, 0) is 32.4 Å². The van der Waals surface area contributed by atoms with Crippen LogP contribution in [0.2, 0.25) is 0 Å². The molecule has 0 heterocycles. The van der Waals surface area contributed by atoms with Crippen molar-refractivity contribution in [3.8, 4) is 0 Å². The van der Waals surface area contributed by atoms with Gasteiger partial charge in [0.15, 0.2) is 0 Å². The van der Waals surface area contributed by atoms with Crippen LogP contribution in [-0.4, -0.2) is 27.2 Å². The number of benzene rings is 1. The third-order valence-corrected chi connectivity index (χ3v) is 4.78. The lowest BCUT2D eigenvalue weighted by molar-refractivity contribution is -0.121. The lowest BCUT2D eigenvalue weighted by atomic mass is 9.83. The van der Waals surface area contributed by atoms with Crippen molar-refractivity contribution in [3.05, 3.63) is 30.3 Å². The van der Waals surface area contributed by atoms with E-state index in [4.69, 9.17) is 0 Å². The van der Waals surface area contributed by atoms with Crippen LogP contribution in [0.4, 0.5) is 0 Å². The monoisotopic (exact) mass is 282 g/mol. The molecule has 1 aromatic carbocycles. The smallest absolute Gasteiger partial charge is 0.102 e. The molecule has 0 saturated heterocycles. The number of rotatable bonds is 8. The van der Waals surface area contributed by atoms with E-state index in [0.29, 0.717) is 12.2 Å². The highest BCUT2D eigenvalue weighted by molar-refractivity contribution is 7.99. The van der Waals surface area contributed by atoms with Crippen molar-refractivity contribution in [2.45, 2.75) is 62.6 Å². The first-order chi connectivity index (χ1) is 8.89. The second-order valence-electron chi connectivity index (χ2n) is 5.65. The van der Waals surface area contributed by atoms with Crippen molar-refractivity contribution in [3.63, 3.8) is 0 Å². The molecule has 0 aliphatic heterocycles. The molecule has 0 aliphatic rings. The van der Waals surface area contributed by atoms with Crippen LogP contribution in [0.25, 0.3) is 0 Å². The summed E-state index contributed by atoms with van der Waals surface area (Å²) in [6.07, 6.45) is 3.80. The Hall–Kier alpha value is -0.510. The number of aliphatic hydroxyl groups is 2. The molecule has 0 aliphatic carbocycles. The highest BCUT2D eigenvalue weighted by Crippen LogP contribution is 2.33. The van der Waals surface area contributed by atoms with Gasteiger partial charge in [0.05, 0.1) is 5.60 Å². The zero-order valence-corrected chi connectivity index (χ0v) is 13.0. The summed E-state index contributed by atoms with van der Waals surface area (Å²) in [5.74, 6) is 0.518. The van der Waals surface area contributed by atoms with Crippen molar-refractivity contribution < 1.29 is 10.2 Å². The summed E-state index contributed by atoms with van der Waals surface area (Å²) in [6.45, 7) is 5.54. The Kier molecular flexibility index (Phi) is 6.37. The minimum atomic E-state index is -1.08. The van der Waals surface area contributed by atoms with E-state index in [1.54, 1.807) is 25.6 Å². The Labute approximate surface area is 121 Å². The highest BCUT2D eigenvalue weighted by Gasteiger charge is 2.41. The molecule has 3 heteroatoms. The molecule has 0 bridgehead atoms. The molecule has 2 nitrogen and oxygen atoms in total. The number of thioether (sulfide) groups is 1. The lowest BCUT2D eigenvalue weighted by Crippen LogP contribution is -2.52. The Morgan fingerprint density at radius 3 is 2.21 bits per heavy atom. The van der Waals surface area contributed by atoms with Gasteiger partial charge in [0, 0.05) is 10.6 Å². The van der Waals surface area contributed by atoms with Crippen LogP contribution in [-0.2, 0) is 0 Å². The molecule has 0 amide bonds. The summed E-state index contributed by atoms with van der Waals surface area (Å²) in [5.41, 5.74) is -2.12. The first-order valence-electron chi connectivity index (χ1n) is 7.01. The van der Waals surface area contributed by atoms with Gasteiger partial charge in [-0.15, -0.1) is 11.8 Å². The molecular formula is C16H26O2S. The maximum atomic E-state index is 10.8. The molecule has 0 fully saturated rings. The zero-order chi connectivity index (χ0) is 14.4. The summed E-state index contributed by atoms with van der Waals surface area (Å²) in [6, 6.07) is 10.0. The topological polar surface area (TPSA) is 40.5 Å². The third-order valence-electron chi connectivity index (χ3n) is 3.55. The fraction of sp³-hybridized carbons (Fsp3) is 0.625. The first-order valence-corrected chi connectivity index (χ1v) is 8.00. The van der Waals surface area contributed by atoms with Gasteiger partial charge in [-0.1, -0.05) is 44.4 Å². The molecular weight excluding hydrogens is 256 g/mol. The van der Waals surface area contributed by atoms with Crippen molar-refractivity contribution in [1.29, 1.82) is 0 Å². The SMILES string of the molecule is CCCCCC(O)(CSc1ccccc1)C(C)(C)O. The van der Waals surface area contributed by atoms with Crippen molar-refractivity contribution >= 4 is 11.8 Å². The average Bonchev–Trinajstić information content (AvgIpc) is 2.37. The maximum Gasteiger partial charge on any atom is 0.102 e.